The molecule has 3 rings (SSSR count). The molecule has 24 heavy (non-hydrogen) atoms. The van der Waals surface area contributed by atoms with Crippen molar-refractivity contribution < 1.29 is 17.7 Å². The van der Waals surface area contributed by atoms with Crippen molar-refractivity contribution >= 4 is 0 Å². The van der Waals surface area contributed by atoms with E-state index in [1.54, 1.807) is 17.1 Å². The fourth-order valence-electron chi connectivity index (χ4n) is 2.23. The lowest BCUT2D eigenvalue weighted by atomic mass is 10.1. The van der Waals surface area contributed by atoms with Crippen molar-refractivity contribution in [1.29, 1.82) is 0 Å². The number of hydrogen-bond acceptors (Lipinski definition) is 5. The minimum absolute atomic E-state index is 0.196. The van der Waals surface area contributed by atoms with E-state index in [1.165, 1.54) is 12.3 Å². The van der Waals surface area contributed by atoms with Crippen molar-refractivity contribution in [1.82, 2.24) is 24.9 Å². The SMILES string of the molecule is Cc1cnn(CCc2c(-c3noc(C(F)(F)F)n3)cc[nH]c2=O)c1. The summed E-state index contributed by atoms with van der Waals surface area (Å²) in [5.74, 6) is -1.73. The number of nitrogens with zero attached hydrogens (tertiary/aromatic N) is 4. The van der Waals surface area contributed by atoms with Crippen molar-refractivity contribution in [3.8, 4) is 11.4 Å². The monoisotopic (exact) mass is 339 g/mol. The van der Waals surface area contributed by atoms with Crippen molar-refractivity contribution in [3.05, 3.63) is 52.0 Å². The molecule has 0 amide bonds. The summed E-state index contributed by atoms with van der Waals surface area (Å²) in [6, 6.07) is 1.44. The zero-order valence-corrected chi connectivity index (χ0v) is 12.5. The highest BCUT2D eigenvalue weighted by atomic mass is 19.4. The molecule has 0 bridgehead atoms. The Bertz CT molecular complexity index is 910. The second kappa shape index (κ2) is 5.95. The van der Waals surface area contributed by atoms with Crippen LogP contribution in [0.5, 0.6) is 0 Å². The van der Waals surface area contributed by atoms with Gasteiger partial charge >= 0.3 is 12.1 Å². The van der Waals surface area contributed by atoms with Crippen LogP contribution in [0.1, 0.15) is 17.0 Å². The number of pyridine rings is 1. The lowest BCUT2D eigenvalue weighted by molar-refractivity contribution is -0.159. The standard InChI is InChI=1S/C14H12F3N5O2/c1-8-6-19-22(7-8)5-3-10-9(2-4-18-12(10)23)11-20-13(24-21-11)14(15,16)17/h2,4,6-7H,3,5H2,1H3,(H,18,23). The molecule has 0 fully saturated rings. The van der Waals surface area contributed by atoms with E-state index in [4.69, 9.17) is 0 Å². The second-order valence-corrected chi connectivity index (χ2v) is 5.15. The molecule has 3 aromatic heterocycles. The topological polar surface area (TPSA) is 89.6 Å². The van der Waals surface area contributed by atoms with Crippen LogP contribution in [0.2, 0.25) is 0 Å². The summed E-state index contributed by atoms with van der Waals surface area (Å²) in [5, 5.41) is 7.44. The number of H-pyrrole nitrogens is 1. The number of aryl methyl sites for hydroxylation is 2. The fourth-order valence-corrected chi connectivity index (χ4v) is 2.23. The van der Waals surface area contributed by atoms with Gasteiger partial charge in [0, 0.05) is 30.1 Å². The van der Waals surface area contributed by atoms with Gasteiger partial charge in [-0.15, -0.1) is 0 Å². The Kier molecular flexibility index (Phi) is 3.96. The third kappa shape index (κ3) is 3.21. The smallest absolute Gasteiger partial charge is 0.329 e. The number of hydrogen-bond donors (Lipinski definition) is 1. The van der Waals surface area contributed by atoms with Gasteiger partial charge < -0.3 is 9.51 Å². The zero-order chi connectivity index (χ0) is 17.3. The maximum atomic E-state index is 12.6. The quantitative estimate of drug-likeness (QED) is 0.787. The van der Waals surface area contributed by atoms with E-state index >= 15 is 0 Å². The molecule has 0 aromatic carbocycles. The first-order valence-corrected chi connectivity index (χ1v) is 6.95. The molecule has 0 radical (unpaired) electrons. The van der Waals surface area contributed by atoms with Gasteiger partial charge in [0.25, 0.3) is 5.56 Å². The van der Waals surface area contributed by atoms with Gasteiger partial charge in [0.15, 0.2) is 0 Å². The van der Waals surface area contributed by atoms with E-state index in [0.29, 0.717) is 6.54 Å². The van der Waals surface area contributed by atoms with Crippen molar-refractivity contribution in [2.75, 3.05) is 0 Å². The number of aromatic nitrogens is 5. The Morgan fingerprint density at radius 3 is 2.79 bits per heavy atom. The predicted molar refractivity (Wildman–Crippen MR) is 76.0 cm³/mol. The summed E-state index contributed by atoms with van der Waals surface area (Å²) in [6.45, 7) is 2.26. The average molecular weight is 339 g/mol. The summed E-state index contributed by atoms with van der Waals surface area (Å²) in [4.78, 5) is 17.9. The highest BCUT2D eigenvalue weighted by molar-refractivity contribution is 5.58. The van der Waals surface area contributed by atoms with Crippen LogP contribution in [0.15, 0.2) is 34.0 Å². The summed E-state index contributed by atoms with van der Waals surface area (Å²) < 4.78 is 43.6. The number of rotatable bonds is 4. The van der Waals surface area contributed by atoms with Gasteiger partial charge in [0.05, 0.1) is 6.20 Å². The van der Waals surface area contributed by atoms with Gasteiger partial charge in [-0.2, -0.15) is 23.3 Å². The van der Waals surface area contributed by atoms with Crippen molar-refractivity contribution in [2.45, 2.75) is 26.1 Å². The van der Waals surface area contributed by atoms with Crippen LogP contribution in [0.3, 0.4) is 0 Å². The Morgan fingerprint density at radius 2 is 2.17 bits per heavy atom. The molecule has 0 spiro atoms. The van der Waals surface area contributed by atoms with E-state index in [2.05, 4.69) is 24.7 Å². The lowest BCUT2D eigenvalue weighted by Gasteiger charge is -2.05. The predicted octanol–water partition coefficient (Wildman–Crippen LogP) is 2.19. The van der Waals surface area contributed by atoms with Crippen LogP contribution in [-0.2, 0) is 19.1 Å². The third-order valence-corrected chi connectivity index (χ3v) is 3.33. The molecule has 0 aliphatic rings. The van der Waals surface area contributed by atoms with E-state index < -0.39 is 17.6 Å². The van der Waals surface area contributed by atoms with Gasteiger partial charge in [-0.25, -0.2) is 0 Å². The van der Waals surface area contributed by atoms with Gasteiger partial charge in [0.1, 0.15) is 0 Å². The Labute approximate surface area is 133 Å². The summed E-state index contributed by atoms with van der Waals surface area (Å²) in [7, 11) is 0. The van der Waals surface area contributed by atoms with E-state index in [9.17, 15) is 18.0 Å². The molecule has 0 aliphatic heterocycles. The summed E-state index contributed by atoms with van der Waals surface area (Å²) >= 11 is 0. The maximum absolute atomic E-state index is 12.6. The first kappa shape index (κ1) is 16.0. The molecule has 0 saturated carbocycles. The van der Waals surface area contributed by atoms with E-state index in [0.717, 1.165) is 5.56 Å². The van der Waals surface area contributed by atoms with Gasteiger partial charge in [-0.3, -0.25) is 9.48 Å². The number of aromatic amines is 1. The van der Waals surface area contributed by atoms with Gasteiger partial charge in [0.2, 0.25) is 5.82 Å². The minimum atomic E-state index is -4.74. The molecule has 126 valence electrons. The molecule has 0 saturated heterocycles. The van der Waals surface area contributed by atoms with Crippen LogP contribution in [-0.4, -0.2) is 24.9 Å². The minimum Gasteiger partial charge on any atom is -0.329 e. The normalized spacial score (nSPS) is 11.8. The van der Waals surface area contributed by atoms with E-state index in [-0.39, 0.29) is 23.4 Å². The number of halogens is 3. The first-order valence-electron chi connectivity index (χ1n) is 6.95. The molecule has 7 nitrogen and oxygen atoms in total. The van der Waals surface area contributed by atoms with Crippen molar-refractivity contribution in [3.63, 3.8) is 0 Å². The van der Waals surface area contributed by atoms with Crippen LogP contribution < -0.4 is 5.56 Å². The van der Waals surface area contributed by atoms with Gasteiger partial charge in [-0.05, 0) is 25.0 Å². The van der Waals surface area contributed by atoms with Gasteiger partial charge in [-0.1, -0.05) is 5.16 Å². The first-order chi connectivity index (χ1) is 11.3. The van der Waals surface area contributed by atoms with Crippen LogP contribution in [0.25, 0.3) is 11.4 Å². The molecule has 10 heteroatoms. The van der Waals surface area contributed by atoms with Crippen LogP contribution in [0.4, 0.5) is 13.2 Å². The molecule has 1 N–H and O–H groups in total. The number of alkyl halides is 3. The highest BCUT2D eigenvalue weighted by Gasteiger charge is 2.38. The Morgan fingerprint density at radius 1 is 1.38 bits per heavy atom. The van der Waals surface area contributed by atoms with Crippen LogP contribution in [0, 0.1) is 6.92 Å². The Balaban J connectivity index is 1.92. The maximum Gasteiger partial charge on any atom is 0.471 e. The average Bonchev–Trinajstić information content (AvgIpc) is 3.14. The molecule has 3 aromatic rings. The summed E-state index contributed by atoms with van der Waals surface area (Å²) in [5.41, 5.74) is 1.00. The second-order valence-electron chi connectivity index (χ2n) is 5.15. The highest BCUT2D eigenvalue weighted by Crippen LogP contribution is 2.29. The third-order valence-electron chi connectivity index (χ3n) is 3.33. The summed E-state index contributed by atoms with van der Waals surface area (Å²) in [6.07, 6.45) is 0.308. The Hall–Kier alpha value is -2.91. The molecular formula is C14H12F3N5O2. The largest absolute Gasteiger partial charge is 0.471 e. The molecular weight excluding hydrogens is 327 g/mol. The molecule has 3 heterocycles. The van der Waals surface area contributed by atoms with E-state index in [1.807, 2.05) is 6.92 Å². The molecule has 0 aliphatic carbocycles. The number of nitrogens with one attached hydrogen (secondary N) is 1. The zero-order valence-electron chi connectivity index (χ0n) is 12.5. The lowest BCUT2D eigenvalue weighted by Crippen LogP contribution is -2.16. The fraction of sp³-hybridized carbons (Fsp3) is 0.286. The molecule has 0 unspecified atom stereocenters. The van der Waals surface area contributed by atoms with Crippen molar-refractivity contribution in [2.24, 2.45) is 0 Å². The van der Waals surface area contributed by atoms with Crippen LogP contribution >= 0.6 is 0 Å². The molecule has 0 atom stereocenters.